The van der Waals surface area contributed by atoms with Crippen molar-refractivity contribution in [3.63, 3.8) is 0 Å². The van der Waals surface area contributed by atoms with Crippen molar-refractivity contribution in [2.24, 2.45) is 0 Å². The van der Waals surface area contributed by atoms with E-state index >= 15 is 0 Å². The molecule has 0 bridgehead atoms. The highest BCUT2D eigenvalue weighted by atomic mass is 16.5. The van der Waals surface area contributed by atoms with Crippen molar-refractivity contribution < 1.29 is 14.3 Å². The molecule has 0 spiro atoms. The van der Waals surface area contributed by atoms with Crippen molar-refractivity contribution >= 4 is 17.4 Å². The number of hydrogen-bond acceptors (Lipinski definition) is 6. The van der Waals surface area contributed by atoms with E-state index in [1.807, 2.05) is 49.4 Å². The lowest BCUT2D eigenvalue weighted by Crippen LogP contribution is -2.15. The van der Waals surface area contributed by atoms with E-state index in [1.165, 1.54) is 6.33 Å². The molecule has 7 nitrogen and oxygen atoms in total. The van der Waals surface area contributed by atoms with E-state index in [9.17, 15) is 4.79 Å². The molecule has 0 aliphatic heterocycles. The summed E-state index contributed by atoms with van der Waals surface area (Å²) in [6, 6.07) is 14.9. The standard InChI is InChI=1S/C21H22N4O3/c1-14-6-4-5-7-16(14)25-21(26)17-11-20(24-13-23-17)22-12-15-8-9-18(27-2)19(10-15)28-3/h4-11,13H,12H2,1-3H3,(H,25,26)(H,22,23,24). The number of hydrogen-bond donors (Lipinski definition) is 2. The lowest BCUT2D eigenvalue weighted by molar-refractivity contribution is 0.102. The lowest BCUT2D eigenvalue weighted by Gasteiger charge is -2.11. The van der Waals surface area contributed by atoms with Gasteiger partial charge in [0.25, 0.3) is 5.91 Å². The Morgan fingerprint density at radius 2 is 1.79 bits per heavy atom. The molecule has 0 unspecified atom stereocenters. The van der Waals surface area contributed by atoms with E-state index in [2.05, 4.69) is 20.6 Å². The second kappa shape index (κ2) is 8.85. The molecule has 144 valence electrons. The Hall–Kier alpha value is -3.61. The van der Waals surface area contributed by atoms with Gasteiger partial charge < -0.3 is 20.1 Å². The summed E-state index contributed by atoms with van der Waals surface area (Å²) in [6.07, 6.45) is 1.36. The maximum absolute atomic E-state index is 12.5. The summed E-state index contributed by atoms with van der Waals surface area (Å²) in [5, 5.41) is 6.06. The molecule has 7 heteroatoms. The number of nitrogens with zero attached hydrogens (tertiary/aromatic N) is 2. The molecule has 2 N–H and O–H groups in total. The first-order chi connectivity index (χ1) is 13.6. The average Bonchev–Trinajstić information content (AvgIpc) is 2.73. The Balaban J connectivity index is 1.68. The fourth-order valence-corrected chi connectivity index (χ4v) is 2.66. The maximum Gasteiger partial charge on any atom is 0.274 e. The summed E-state index contributed by atoms with van der Waals surface area (Å²) in [6.45, 7) is 2.45. The Kier molecular flexibility index (Phi) is 6.06. The molecular weight excluding hydrogens is 356 g/mol. The number of carbonyl (C=O) groups excluding carboxylic acids is 1. The zero-order valence-corrected chi connectivity index (χ0v) is 16.0. The molecule has 1 aromatic heterocycles. The molecule has 0 aliphatic carbocycles. The highest BCUT2D eigenvalue weighted by molar-refractivity contribution is 6.03. The molecule has 28 heavy (non-hydrogen) atoms. The molecule has 0 saturated carbocycles. The van der Waals surface area contributed by atoms with Crippen LogP contribution in [0.25, 0.3) is 0 Å². The molecule has 0 saturated heterocycles. The smallest absolute Gasteiger partial charge is 0.274 e. The second-order valence-electron chi connectivity index (χ2n) is 6.10. The van der Waals surface area contributed by atoms with Crippen molar-refractivity contribution in [2.75, 3.05) is 24.9 Å². The van der Waals surface area contributed by atoms with E-state index in [0.29, 0.717) is 23.9 Å². The first kappa shape index (κ1) is 19.2. The third kappa shape index (κ3) is 4.56. The van der Waals surface area contributed by atoms with Gasteiger partial charge in [0.05, 0.1) is 14.2 Å². The Bertz CT molecular complexity index is 975. The van der Waals surface area contributed by atoms with Crippen LogP contribution in [0, 0.1) is 6.92 Å². The number of aromatic nitrogens is 2. The van der Waals surface area contributed by atoms with Crippen LogP contribution in [-0.2, 0) is 6.54 Å². The van der Waals surface area contributed by atoms with Crippen molar-refractivity contribution in [3.8, 4) is 11.5 Å². The SMILES string of the molecule is COc1ccc(CNc2cc(C(=O)Nc3ccccc3C)ncn2)cc1OC. The molecular formula is C21H22N4O3. The molecule has 1 heterocycles. The topological polar surface area (TPSA) is 85.4 Å². The number of anilines is 2. The molecule has 1 amide bonds. The minimum absolute atomic E-state index is 0.285. The van der Waals surface area contributed by atoms with Crippen molar-refractivity contribution in [2.45, 2.75) is 13.5 Å². The first-order valence-electron chi connectivity index (χ1n) is 8.74. The summed E-state index contributed by atoms with van der Waals surface area (Å²) < 4.78 is 10.6. The minimum Gasteiger partial charge on any atom is -0.493 e. The number of para-hydroxylation sites is 1. The summed E-state index contributed by atoms with van der Waals surface area (Å²) in [5.41, 5.74) is 3.01. The molecule has 3 aromatic rings. The van der Waals surface area contributed by atoms with E-state index in [1.54, 1.807) is 20.3 Å². The number of ether oxygens (including phenoxy) is 2. The van der Waals surface area contributed by atoms with Crippen LogP contribution in [0.15, 0.2) is 54.9 Å². The maximum atomic E-state index is 12.5. The van der Waals surface area contributed by atoms with Crippen molar-refractivity contribution in [1.29, 1.82) is 0 Å². The van der Waals surface area contributed by atoms with Crippen LogP contribution in [-0.4, -0.2) is 30.1 Å². The van der Waals surface area contributed by atoms with Gasteiger partial charge in [-0.25, -0.2) is 9.97 Å². The van der Waals surface area contributed by atoms with Crippen LogP contribution in [0.5, 0.6) is 11.5 Å². The monoisotopic (exact) mass is 378 g/mol. The molecule has 0 atom stereocenters. The number of aryl methyl sites for hydroxylation is 1. The summed E-state index contributed by atoms with van der Waals surface area (Å²) in [7, 11) is 3.19. The highest BCUT2D eigenvalue weighted by Crippen LogP contribution is 2.27. The predicted molar refractivity (Wildman–Crippen MR) is 108 cm³/mol. The minimum atomic E-state index is -0.286. The zero-order valence-electron chi connectivity index (χ0n) is 16.0. The highest BCUT2D eigenvalue weighted by Gasteiger charge is 2.11. The molecule has 0 radical (unpaired) electrons. The number of carbonyl (C=O) groups is 1. The van der Waals surface area contributed by atoms with Gasteiger partial charge in [0, 0.05) is 18.3 Å². The van der Waals surface area contributed by atoms with Crippen LogP contribution in [0.2, 0.25) is 0 Å². The van der Waals surface area contributed by atoms with Crippen LogP contribution in [0.1, 0.15) is 21.6 Å². The molecule has 2 aromatic carbocycles. The summed E-state index contributed by atoms with van der Waals surface area (Å²) in [5.74, 6) is 1.59. The van der Waals surface area contributed by atoms with Gasteiger partial charge in [-0.05, 0) is 36.2 Å². The van der Waals surface area contributed by atoms with Crippen LogP contribution in [0.4, 0.5) is 11.5 Å². The van der Waals surface area contributed by atoms with Crippen molar-refractivity contribution in [3.05, 3.63) is 71.7 Å². The number of methoxy groups -OCH3 is 2. The Morgan fingerprint density at radius 3 is 2.54 bits per heavy atom. The van der Waals surface area contributed by atoms with Gasteiger partial charge in [0.15, 0.2) is 11.5 Å². The van der Waals surface area contributed by atoms with E-state index in [0.717, 1.165) is 16.8 Å². The first-order valence-corrected chi connectivity index (χ1v) is 8.74. The average molecular weight is 378 g/mol. The van der Waals surface area contributed by atoms with E-state index in [-0.39, 0.29) is 11.6 Å². The van der Waals surface area contributed by atoms with Gasteiger partial charge in [-0.3, -0.25) is 4.79 Å². The number of rotatable bonds is 7. The van der Waals surface area contributed by atoms with Crippen LogP contribution < -0.4 is 20.1 Å². The van der Waals surface area contributed by atoms with Gasteiger partial charge in [-0.2, -0.15) is 0 Å². The Morgan fingerprint density at radius 1 is 1.00 bits per heavy atom. The molecule has 3 rings (SSSR count). The Labute approximate surface area is 163 Å². The molecule has 0 aliphatic rings. The van der Waals surface area contributed by atoms with E-state index < -0.39 is 0 Å². The number of amides is 1. The van der Waals surface area contributed by atoms with Crippen LogP contribution >= 0.6 is 0 Å². The molecule has 0 fully saturated rings. The largest absolute Gasteiger partial charge is 0.493 e. The quantitative estimate of drug-likeness (QED) is 0.653. The fraction of sp³-hybridized carbons (Fsp3) is 0.190. The van der Waals surface area contributed by atoms with Gasteiger partial charge in [-0.15, -0.1) is 0 Å². The van der Waals surface area contributed by atoms with E-state index in [4.69, 9.17) is 9.47 Å². The number of benzene rings is 2. The van der Waals surface area contributed by atoms with Gasteiger partial charge in [0.1, 0.15) is 17.8 Å². The van der Waals surface area contributed by atoms with Gasteiger partial charge in [0.2, 0.25) is 0 Å². The van der Waals surface area contributed by atoms with Gasteiger partial charge in [-0.1, -0.05) is 24.3 Å². The normalized spacial score (nSPS) is 10.2. The summed E-state index contributed by atoms with van der Waals surface area (Å²) >= 11 is 0. The van der Waals surface area contributed by atoms with Gasteiger partial charge >= 0.3 is 0 Å². The van der Waals surface area contributed by atoms with Crippen molar-refractivity contribution in [1.82, 2.24) is 9.97 Å². The van der Waals surface area contributed by atoms with Crippen LogP contribution in [0.3, 0.4) is 0 Å². The predicted octanol–water partition coefficient (Wildman–Crippen LogP) is 3.67. The third-order valence-electron chi connectivity index (χ3n) is 4.21. The fourth-order valence-electron chi connectivity index (χ4n) is 2.66. The second-order valence-corrected chi connectivity index (χ2v) is 6.10. The summed E-state index contributed by atoms with van der Waals surface area (Å²) in [4.78, 5) is 20.7. The third-order valence-corrected chi connectivity index (χ3v) is 4.21. The number of nitrogens with one attached hydrogen (secondary N) is 2. The zero-order chi connectivity index (χ0) is 19.9. The lowest BCUT2D eigenvalue weighted by atomic mass is 10.2.